The van der Waals surface area contributed by atoms with Crippen LogP contribution in [0.25, 0.3) is 0 Å². The molecule has 114 valence electrons. The topological polar surface area (TPSA) is 65.8 Å². The summed E-state index contributed by atoms with van der Waals surface area (Å²) in [5, 5.41) is 2.92. The first-order valence-corrected chi connectivity index (χ1v) is 7.28. The SMILES string of the molecule is CN(C)C(=O)N1CC[C@@]2(C[C@@H]2C(=O)NCc2ccco2)C1. The van der Waals surface area contributed by atoms with E-state index in [1.807, 2.05) is 17.0 Å². The maximum absolute atomic E-state index is 12.2. The van der Waals surface area contributed by atoms with Crippen molar-refractivity contribution < 1.29 is 14.0 Å². The number of hydrogen-bond donors (Lipinski definition) is 1. The van der Waals surface area contributed by atoms with E-state index in [2.05, 4.69) is 5.32 Å². The molecule has 2 aliphatic rings. The van der Waals surface area contributed by atoms with Gasteiger partial charge in [0.2, 0.25) is 5.91 Å². The van der Waals surface area contributed by atoms with E-state index in [0.717, 1.165) is 25.1 Å². The van der Waals surface area contributed by atoms with Crippen molar-refractivity contribution in [1.29, 1.82) is 0 Å². The maximum Gasteiger partial charge on any atom is 0.319 e. The third kappa shape index (κ3) is 2.62. The average molecular weight is 291 g/mol. The van der Waals surface area contributed by atoms with Crippen LogP contribution in [0.3, 0.4) is 0 Å². The first kappa shape index (κ1) is 14.0. The summed E-state index contributed by atoms with van der Waals surface area (Å²) in [7, 11) is 3.52. The van der Waals surface area contributed by atoms with E-state index in [4.69, 9.17) is 4.42 Å². The zero-order valence-corrected chi connectivity index (χ0v) is 12.5. The van der Waals surface area contributed by atoms with Crippen molar-refractivity contribution in [2.75, 3.05) is 27.2 Å². The van der Waals surface area contributed by atoms with Gasteiger partial charge in [0.15, 0.2) is 0 Å². The lowest BCUT2D eigenvalue weighted by Gasteiger charge is -2.21. The molecule has 1 spiro atoms. The van der Waals surface area contributed by atoms with E-state index in [0.29, 0.717) is 13.1 Å². The second kappa shape index (κ2) is 5.09. The van der Waals surface area contributed by atoms with Crippen LogP contribution in [-0.4, -0.2) is 48.9 Å². The number of nitrogens with one attached hydrogen (secondary N) is 1. The van der Waals surface area contributed by atoms with Gasteiger partial charge in [0.25, 0.3) is 0 Å². The minimum atomic E-state index is 0.0128. The highest BCUT2D eigenvalue weighted by molar-refractivity contribution is 5.83. The fourth-order valence-electron chi connectivity index (χ4n) is 3.22. The van der Waals surface area contributed by atoms with Crippen molar-refractivity contribution in [2.45, 2.75) is 19.4 Å². The molecule has 0 radical (unpaired) electrons. The molecule has 1 N–H and O–H groups in total. The van der Waals surface area contributed by atoms with Crippen LogP contribution in [0.5, 0.6) is 0 Å². The van der Waals surface area contributed by atoms with Crippen LogP contribution >= 0.6 is 0 Å². The zero-order chi connectivity index (χ0) is 15.0. The van der Waals surface area contributed by atoms with Gasteiger partial charge in [-0.25, -0.2) is 4.79 Å². The third-order valence-corrected chi connectivity index (χ3v) is 4.56. The monoisotopic (exact) mass is 291 g/mol. The van der Waals surface area contributed by atoms with Gasteiger partial charge in [-0.3, -0.25) is 4.79 Å². The smallest absolute Gasteiger partial charge is 0.319 e. The number of urea groups is 1. The van der Waals surface area contributed by atoms with Gasteiger partial charge in [-0.15, -0.1) is 0 Å². The molecule has 0 aromatic carbocycles. The number of hydrogen-bond acceptors (Lipinski definition) is 3. The lowest BCUT2D eigenvalue weighted by atomic mass is 10.0. The molecule has 2 fully saturated rings. The summed E-state index contributed by atoms with van der Waals surface area (Å²) in [5.41, 5.74) is 0.0128. The highest BCUT2D eigenvalue weighted by Crippen LogP contribution is 2.58. The Morgan fingerprint density at radius 1 is 1.52 bits per heavy atom. The Labute approximate surface area is 124 Å². The molecule has 0 unspecified atom stereocenters. The lowest BCUT2D eigenvalue weighted by molar-refractivity contribution is -0.123. The molecule has 2 heterocycles. The molecule has 6 nitrogen and oxygen atoms in total. The van der Waals surface area contributed by atoms with Crippen molar-refractivity contribution in [3.63, 3.8) is 0 Å². The molecule has 6 heteroatoms. The maximum atomic E-state index is 12.2. The normalized spacial score (nSPS) is 27.0. The van der Waals surface area contributed by atoms with Gasteiger partial charge in [-0.05, 0) is 25.0 Å². The molecule has 1 saturated carbocycles. The summed E-state index contributed by atoms with van der Waals surface area (Å²) in [6.45, 7) is 1.88. The number of rotatable bonds is 3. The Kier molecular flexibility index (Phi) is 3.39. The minimum Gasteiger partial charge on any atom is -0.467 e. The van der Waals surface area contributed by atoms with Crippen molar-refractivity contribution in [3.8, 4) is 0 Å². The lowest BCUT2D eigenvalue weighted by Crippen LogP contribution is -2.38. The fraction of sp³-hybridized carbons (Fsp3) is 0.600. The van der Waals surface area contributed by atoms with Gasteiger partial charge in [0.1, 0.15) is 5.76 Å². The molecule has 3 amide bonds. The van der Waals surface area contributed by atoms with Crippen molar-refractivity contribution in [2.24, 2.45) is 11.3 Å². The van der Waals surface area contributed by atoms with Crippen LogP contribution < -0.4 is 5.32 Å². The highest BCUT2D eigenvalue weighted by atomic mass is 16.3. The standard InChI is InChI=1S/C15H21N3O3/c1-17(2)14(20)18-6-5-15(10-18)8-12(15)13(19)16-9-11-4-3-7-21-11/h3-4,7,12H,5-6,8-10H2,1-2H3,(H,16,19)/t12-,15-/m1/s1. The number of furan rings is 1. The van der Waals surface area contributed by atoms with Crippen LogP contribution in [-0.2, 0) is 11.3 Å². The van der Waals surface area contributed by atoms with E-state index in [-0.39, 0.29) is 23.3 Å². The summed E-state index contributed by atoms with van der Waals surface area (Å²) in [5.74, 6) is 0.867. The largest absolute Gasteiger partial charge is 0.467 e. The Balaban J connectivity index is 1.51. The average Bonchev–Trinajstić information content (AvgIpc) is 2.83. The second-order valence-electron chi connectivity index (χ2n) is 6.26. The van der Waals surface area contributed by atoms with Crippen LogP contribution in [0.4, 0.5) is 4.79 Å². The fourth-order valence-corrected chi connectivity index (χ4v) is 3.22. The molecule has 1 aliphatic carbocycles. The number of amides is 3. The molecule has 1 saturated heterocycles. The second-order valence-corrected chi connectivity index (χ2v) is 6.26. The molecule has 2 atom stereocenters. The molecular formula is C15H21N3O3. The Hall–Kier alpha value is -1.98. The van der Waals surface area contributed by atoms with E-state index in [1.54, 1.807) is 25.3 Å². The van der Waals surface area contributed by atoms with Crippen LogP contribution in [0.1, 0.15) is 18.6 Å². The predicted molar refractivity (Wildman–Crippen MR) is 76.4 cm³/mol. The Bertz CT molecular complexity index is 540. The first-order chi connectivity index (χ1) is 10.0. The molecule has 21 heavy (non-hydrogen) atoms. The van der Waals surface area contributed by atoms with Crippen LogP contribution in [0, 0.1) is 11.3 Å². The number of likely N-dealkylation sites (tertiary alicyclic amines) is 1. The minimum absolute atomic E-state index is 0.0128. The van der Waals surface area contributed by atoms with Gasteiger partial charge in [-0.1, -0.05) is 0 Å². The van der Waals surface area contributed by atoms with E-state index >= 15 is 0 Å². The molecule has 1 aromatic rings. The van der Waals surface area contributed by atoms with Crippen LogP contribution in [0.15, 0.2) is 22.8 Å². The summed E-state index contributed by atoms with van der Waals surface area (Å²) in [6, 6.07) is 3.69. The molecule has 1 aliphatic heterocycles. The van der Waals surface area contributed by atoms with Crippen molar-refractivity contribution >= 4 is 11.9 Å². The van der Waals surface area contributed by atoms with Gasteiger partial charge in [0, 0.05) is 38.5 Å². The molecule has 3 rings (SSSR count). The quantitative estimate of drug-likeness (QED) is 0.912. The van der Waals surface area contributed by atoms with E-state index in [1.165, 1.54) is 0 Å². The van der Waals surface area contributed by atoms with Gasteiger partial charge in [0.05, 0.1) is 12.8 Å². The predicted octanol–water partition coefficient (Wildman–Crippen LogP) is 1.29. The number of carbonyl (C=O) groups is 2. The first-order valence-electron chi connectivity index (χ1n) is 7.28. The summed E-state index contributed by atoms with van der Waals surface area (Å²) >= 11 is 0. The van der Waals surface area contributed by atoms with Gasteiger partial charge < -0.3 is 19.5 Å². The number of carbonyl (C=O) groups excluding carboxylic acids is 2. The van der Waals surface area contributed by atoms with E-state index in [9.17, 15) is 9.59 Å². The summed E-state index contributed by atoms with van der Waals surface area (Å²) in [6.07, 6.45) is 3.40. The highest BCUT2D eigenvalue weighted by Gasteiger charge is 2.61. The third-order valence-electron chi connectivity index (χ3n) is 4.56. The summed E-state index contributed by atoms with van der Waals surface area (Å²) in [4.78, 5) is 27.6. The van der Waals surface area contributed by atoms with Crippen molar-refractivity contribution in [3.05, 3.63) is 24.2 Å². The Morgan fingerprint density at radius 2 is 2.33 bits per heavy atom. The van der Waals surface area contributed by atoms with Gasteiger partial charge >= 0.3 is 6.03 Å². The van der Waals surface area contributed by atoms with Crippen LogP contribution in [0.2, 0.25) is 0 Å². The van der Waals surface area contributed by atoms with E-state index < -0.39 is 0 Å². The molecular weight excluding hydrogens is 270 g/mol. The Morgan fingerprint density at radius 3 is 3.00 bits per heavy atom. The van der Waals surface area contributed by atoms with Gasteiger partial charge in [-0.2, -0.15) is 0 Å². The van der Waals surface area contributed by atoms with Crippen molar-refractivity contribution in [1.82, 2.24) is 15.1 Å². The molecule has 0 bridgehead atoms. The zero-order valence-electron chi connectivity index (χ0n) is 12.5. The number of nitrogens with zero attached hydrogens (tertiary/aromatic N) is 2. The summed E-state index contributed by atoms with van der Waals surface area (Å²) < 4.78 is 5.20. The molecule has 1 aromatic heterocycles.